The molecule has 0 unspecified atom stereocenters. The lowest BCUT2D eigenvalue weighted by Crippen LogP contribution is -2.11. The highest BCUT2D eigenvalue weighted by Crippen LogP contribution is 2.20. The number of nitrogens with one attached hydrogen (secondary N) is 1. The lowest BCUT2D eigenvalue weighted by atomic mass is 10.2. The van der Waals surface area contributed by atoms with Crippen molar-refractivity contribution in [2.75, 3.05) is 5.32 Å². The molecule has 0 spiro atoms. The molecule has 110 valence electrons. The van der Waals surface area contributed by atoms with Crippen LogP contribution in [0.25, 0.3) is 0 Å². The Morgan fingerprint density at radius 2 is 2.10 bits per heavy atom. The minimum atomic E-state index is -0.418. The third-order valence-corrected chi connectivity index (χ3v) is 2.59. The van der Waals surface area contributed by atoms with E-state index in [-0.39, 0.29) is 11.8 Å². The minimum absolute atomic E-state index is 0.0138. The molecule has 0 aliphatic rings. The summed E-state index contributed by atoms with van der Waals surface area (Å²) in [5.41, 5.74) is 0.845. The zero-order valence-electron chi connectivity index (χ0n) is 11.8. The van der Waals surface area contributed by atoms with Crippen LogP contribution in [0.4, 0.5) is 11.5 Å². The molecular weight excluding hydrogens is 272 g/mol. The maximum atomic E-state index is 10.7. The van der Waals surface area contributed by atoms with Crippen LogP contribution in [0, 0.1) is 10.1 Å². The van der Waals surface area contributed by atoms with Crippen molar-refractivity contribution in [2.24, 2.45) is 0 Å². The Labute approximate surface area is 122 Å². The van der Waals surface area contributed by atoms with Crippen molar-refractivity contribution in [3.05, 3.63) is 52.3 Å². The number of nitro benzene ring substituents is 1. The van der Waals surface area contributed by atoms with Crippen LogP contribution in [0.5, 0.6) is 5.88 Å². The molecular formula is C14H16N4O3. The number of anilines is 1. The van der Waals surface area contributed by atoms with E-state index in [4.69, 9.17) is 4.74 Å². The second-order valence-corrected chi connectivity index (χ2v) is 4.66. The van der Waals surface area contributed by atoms with Gasteiger partial charge in [0, 0.05) is 31.1 Å². The highest BCUT2D eigenvalue weighted by molar-refractivity contribution is 5.46. The van der Waals surface area contributed by atoms with E-state index >= 15 is 0 Å². The van der Waals surface area contributed by atoms with E-state index in [1.165, 1.54) is 12.1 Å². The number of non-ortho nitro benzene ring substituents is 1. The summed E-state index contributed by atoms with van der Waals surface area (Å²) in [7, 11) is 0. The maximum Gasteiger partial charge on any atom is 0.269 e. The highest BCUT2D eigenvalue weighted by atomic mass is 16.6. The van der Waals surface area contributed by atoms with Gasteiger partial charge in [0.25, 0.3) is 11.6 Å². The van der Waals surface area contributed by atoms with Crippen LogP contribution in [-0.4, -0.2) is 21.0 Å². The molecule has 0 bridgehead atoms. The Morgan fingerprint density at radius 1 is 1.33 bits per heavy atom. The first kappa shape index (κ1) is 14.7. The van der Waals surface area contributed by atoms with Gasteiger partial charge in [0.05, 0.1) is 11.0 Å². The number of aromatic nitrogens is 2. The number of hydrogen-bond donors (Lipinski definition) is 1. The first-order valence-electron chi connectivity index (χ1n) is 6.51. The number of nitro groups is 1. The average Bonchev–Trinajstić information content (AvgIpc) is 2.46. The third kappa shape index (κ3) is 4.13. The summed E-state index contributed by atoms with van der Waals surface area (Å²) in [5.74, 6) is 0.927. The molecule has 1 aromatic carbocycles. The number of ether oxygens (including phenoxy) is 1. The summed E-state index contributed by atoms with van der Waals surface area (Å²) in [4.78, 5) is 18.6. The number of hydrogen-bond acceptors (Lipinski definition) is 6. The first-order valence-corrected chi connectivity index (χ1v) is 6.51. The molecule has 0 fully saturated rings. The maximum absolute atomic E-state index is 10.7. The topological polar surface area (TPSA) is 90.2 Å². The van der Waals surface area contributed by atoms with Crippen LogP contribution in [0.1, 0.15) is 19.4 Å². The van der Waals surface area contributed by atoms with Gasteiger partial charge in [0.1, 0.15) is 0 Å². The molecule has 0 saturated heterocycles. The standard InChI is InChI=1S/C14H16N4O3/c1-10(2)21-14-13(15-6-7-16-14)17-9-11-4-3-5-12(8-11)18(19)20/h3-8,10H,9H2,1-2H3,(H,15,17). The molecule has 2 rings (SSSR count). The van der Waals surface area contributed by atoms with E-state index in [0.717, 1.165) is 5.56 Å². The monoisotopic (exact) mass is 288 g/mol. The van der Waals surface area contributed by atoms with Crippen LogP contribution in [0.3, 0.4) is 0 Å². The predicted molar refractivity (Wildman–Crippen MR) is 78.2 cm³/mol. The van der Waals surface area contributed by atoms with Crippen molar-refractivity contribution in [1.29, 1.82) is 0 Å². The van der Waals surface area contributed by atoms with Crippen molar-refractivity contribution in [1.82, 2.24) is 9.97 Å². The molecule has 7 nitrogen and oxygen atoms in total. The fraction of sp³-hybridized carbons (Fsp3) is 0.286. The largest absolute Gasteiger partial charge is 0.472 e. The second kappa shape index (κ2) is 6.65. The van der Waals surface area contributed by atoms with Gasteiger partial charge in [0.2, 0.25) is 0 Å². The van der Waals surface area contributed by atoms with E-state index < -0.39 is 4.92 Å². The molecule has 2 aromatic rings. The van der Waals surface area contributed by atoms with E-state index in [1.807, 2.05) is 13.8 Å². The van der Waals surface area contributed by atoms with E-state index in [9.17, 15) is 10.1 Å². The van der Waals surface area contributed by atoms with Gasteiger partial charge in [-0.25, -0.2) is 9.97 Å². The average molecular weight is 288 g/mol. The second-order valence-electron chi connectivity index (χ2n) is 4.66. The normalized spacial score (nSPS) is 10.4. The first-order chi connectivity index (χ1) is 10.1. The quantitative estimate of drug-likeness (QED) is 0.649. The van der Waals surface area contributed by atoms with Crippen LogP contribution < -0.4 is 10.1 Å². The fourth-order valence-electron chi connectivity index (χ4n) is 1.72. The Balaban J connectivity index is 2.09. The molecule has 0 radical (unpaired) electrons. The van der Waals surface area contributed by atoms with Gasteiger partial charge in [-0.3, -0.25) is 10.1 Å². The Bertz CT molecular complexity index is 631. The summed E-state index contributed by atoms with van der Waals surface area (Å²) < 4.78 is 5.55. The highest BCUT2D eigenvalue weighted by Gasteiger charge is 2.09. The lowest BCUT2D eigenvalue weighted by Gasteiger charge is -2.13. The van der Waals surface area contributed by atoms with Gasteiger partial charge >= 0.3 is 0 Å². The van der Waals surface area contributed by atoms with Gasteiger partial charge in [-0.05, 0) is 19.4 Å². The van der Waals surface area contributed by atoms with Crippen molar-refractivity contribution < 1.29 is 9.66 Å². The zero-order chi connectivity index (χ0) is 15.2. The van der Waals surface area contributed by atoms with Crippen molar-refractivity contribution in [3.63, 3.8) is 0 Å². The molecule has 7 heteroatoms. The molecule has 1 heterocycles. The Morgan fingerprint density at radius 3 is 2.81 bits per heavy atom. The summed E-state index contributed by atoms with van der Waals surface area (Å²) in [6, 6.07) is 6.43. The number of nitrogens with zero attached hydrogens (tertiary/aromatic N) is 3. The van der Waals surface area contributed by atoms with Gasteiger partial charge in [0.15, 0.2) is 5.82 Å². The Hall–Kier alpha value is -2.70. The van der Waals surface area contributed by atoms with Gasteiger partial charge in [-0.2, -0.15) is 0 Å². The van der Waals surface area contributed by atoms with Gasteiger partial charge < -0.3 is 10.1 Å². The number of benzene rings is 1. The van der Waals surface area contributed by atoms with E-state index in [2.05, 4.69) is 15.3 Å². The van der Waals surface area contributed by atoms with Crippen molar-refractivity contribution in [2.45, 2.75) is 26.5 Å². The summed E-state index contributed by atoms with van der Waals surface area (Å²) in [6.07, 6.45) is 3.10. The predicted octanol–water partition coefficient (Wildman–Crippen LogP) is 2.78. The smallest absolute Gasteiger partial charge is 0.269 e. The summed E-state index contributed by atoms with van der Waals surface area (Å²) in [6.45, 7) is 4.20. The SMILES string of the molecule is CC(C)Oc1nccnc1NCc1cccc([N+](=O)[O-])c1. The molecule has 1 aromatic heterocycles. The lowest BCUT2D eigenvalue weighted by molar-refractivity contribution is -0.384. The Kier molecular flexibility index (Phi) is 4.65. The molecule has 0 aliphatic heterocycles. The molecule has 21 heavy (non-hydrogen) atoms. The van der Waals surface area contributed by atoms with E-state index in [1.54, 1.807) is 24.5 Å². The molecule has 1 N–H and O–H groups in total. The molecule has 0 atom stereocenters. The van der Waals surface area contributed by atoms with Gasteiger partial charge in [-0.1, -0.05) is 12.1 Å². The molecule has 0 saturated carbocycles. The number of rotatable bonds is 6. The zero-order valence-corrected chi connectivity index (χ0v) is 11.8. The van der Waals surface area contributed by atoms with Crippen molar-refractivity contribution in [3.8, 4) is 5.88 Å². The minimum Gasteiger partial charge on any atom is -0.472 e. The summed E-state index contributed by atoms with van der Waals surface area (Å²) >= 11 is 0. The van der Waals surface area contributed by atoms with E-state index in [0.29, 0.717) is 18.2 Å². The van der Waals surface area contributed by atoms with Crippen LogP contribution >= 0.6 is 0 Å². The fourth-order valence-corrected chi connectivity index (χ4v) is 1.72. The van der Waals surface area contributed by atoms with Crippen LogP contribution in [0.2, 0.25) is 0 Å². The van der Waals surface area contributed by atoms with Crippen molar-refractivity contribution >= 4 is 11.5 Å². The molecule has 0 aliphatic carbocycles. The third-order valence-electron chi connectivity index (χ3n) is 2.59. The molecule has 0 amide bonds. The van der Waals surface area contributed by atoms with Crippen LogP contribution in [0.15, 0.2) is 36.7 Å². The summed E-state index contributed by atoms with van der Waals surface area (Å²) in [5, 5.41) is 13.8. The van der Waals surface area contributed by atoms with Gasteiger partial charge in [-0.15, -0.1) is 0 Å². The van der Waals surface area contributed by atoms with Crippen LogP contribution in [-0.2, 0) is 6.54 Å².